The van der Waals surface area contributed by atoms with Crippen molar-refractivity contribution in [2.75, 3.05) is 0 Å². The van der Waals surface area contributed by atoms with Crippen LogP contribution in [0.15, 0.2) is 212 Å². The Morgan fingerprint density at radius 3 is 1.89 bits per heavy atom. The minimum absolute atomic E-state index is 0.395. The van der Waals surface area contributed by atoms with E-state index in [0.29, 0.717) is 5.82 Å². The van der Waals surface area contributed by atoms with E-state index in [9.17, 15) is 0 Å². The topological polar surface area (TPSA) is 25.8 Å². The molecule has 0 saturated heterocycles. The first kappa shape index (κ1) is 35.5. The van der Waals surface area contributed by atoms with Gasteiger partial charge >= 0.3 is 0 Å². The third kappa shape index (κ3) is 5.77. The van der Waals surface area contributed by atoms with Crippen molar-refractivity contribution in [3.05, 3.63) is 229 Å². The molecule has 1 aliphatic rings. The molecule has 2 nitrogen and oxygen atoms in total. The number of hydrogen-bond donors (Lipinski definition) is 0. The zero-order chi connectivity index (χ0) is 40.5. The number of aromatic nitrogens is 2. The van der Waals surface area contributed by atoms with Gasteiger partial charge in [0.1, 0.15) is 0 Å². The molecule has 9 aromatic carbocycles. The molecule has 2 aromatic heterocycles. The highest BCUT2D eigenvalue weighted by Gasteiger charge is 2.42. The highest BCUT2D eigenvalue weighted by molar-refractivity contribution is 7.25. The van der Waals surface area contributed by atoms with Crippen molar-refractivity contribution in [1.29, 1.82) is 0 Å². The Balaban J connectivity index is 1.12. The SMILES string of the molecule is CC1(c2ccccc2)c2ccccc2-c2cccc(-c3cc(-c4cc(-c5ccc6sc7ccccc7c6c5)cc(-c5cccc6ccccc56)c4)nc(-c4ccccc4)n3)c21. The molecule has 0 radical (unpaired) electrons. The lowest BCUT2D eigenvalue weighted by Crippen LogP contribution is -2.23. The molecule has 1 atom stereocenters. The van der Waals surface area contributed by atoms with Gasteiger partial charge < -0.3 is 0 Å². The minimum atomic E-state index is -0.395. The molecular weight excluding hydrogens is 757 g/mol. The van der Waals surface area contributed by atoms with Gasteiger partial charge in [-0.1, -0.05) is 170 Å². The summed E-state index contributed by atoms with van der Waals surface area (Å²) in [5.41, 5.74) is 15.5. The third-order valence-electron chi connectivity index (χ3n) is 12.7. The molecule has 0 bridgehead atoms. The van der Waals surface area contributed by atoms with Crippen molar-refractivity contribution >= 4 is 42.3 Å². The van der Waals surface area contributed by atoms with Crippen LogP contribution in [0, 0.1) is 0 Å². The molecule has 3 heteroatoms. The predicted molar refractivity (Wildman–Crippen MR) is 257 cm³/mol. The van der Waals surface area contributed by atoms with Crippen LogP contribution in [0.2, 0.25) is 0 Å². The first-order chi connectivity index (χ1) is 30.1. The van der Waals surface area contributed by atoms with Crippen molar-refractivity contribution in [3.63, 3.8) is 0 Å². The number of fused-ring (bicyclic) bond motifs is 7. The highest BCUT2D eigenvalue weighted by Crippen LogP contribution is 2.55. The predicted octanol–water partition coefficient (Wildman–Crippen LogP) is 15.7. The molecule has 1 unspecified atom stereocenters. The molecule has 286 valence electrons. The van der Waals surface area contributed by atoms with Crippen LogP contribution < -0.4 is 0 Å². The Morgan fingerprint density at radius 2 is 1.00 bits per heavy atom. The highest BCUT2D eigenvalue weighted by atomic mass is 32.1. The fourth-order valence-electron chi connectivity index (χ4n) is 9.82. The lowest BCUT2D eigenvalue weighted by molar-refractivity contribution is 0.715. The Morgan fingerprint density at radius 1 is 0.377 bits per heavy atom. The van der Waals surface area contributed by atoms with Crippen LogP contribution in [0.3, 0.4) is 0 Å². The van der Waals surface area contributed by atoms with Gasteiger partial charge in [-0.15, -0.1) is 11.3 Å². The molecule has 0 aliphatic heterocycles. The summed E-state index contributed by atoms with van der Waals surface area (Å²) < 4.78 is 2.60. The Bertz CT molecular complexity index is 3490. The van der Waals surface area contributed by atoms with Gasteiger partial charge in [-0.3, -0.25) is 0 Å². The standard InChI is InChI=1S/C58H38N2S/c1-58(43-20-6-3-7-21-43)51-28-12-10-23-46(51)48-26-15-27-49(56(48)58)53-36-52(59-57(60-53)38-17-4-2-5-18-38)42-33-40(32-41(34-42)45-25-14-19-37-16-8-9-22-44(37)45)39-30-31-55-50(35-39)47-24-11-13-29-54(47)61-55/h2-36H,1H3. The molecule has 0 fully saturated rings. The summed E-state index contributed by atoms with van der Waals surface area (Å²) in [6, 6.07) is 77.1. The molecule has 0 saturated carbocycles. The van der Waals surface area contributed by atoms with Crippen LogP contribution >= 0.6 is 11.3 Å². The van der Waals surface area contributed by atoms with E-state index in [4.69, 9.17) is 9.97 Å². The maximum Gasteiger partial charge on any atom is 0.160 e. The summed E-state index contributed by atoms with van der Waals surface area (Å²) in [5.74, 6) is 0.700. The monoisotopic (exact) mass is 794 g/mol. The summed E-state index contributed by atoms with van der Waals surface area (Å²) in [5, 5.41) is 5.02. The van der Waals surface area contributed by atoms with Crippen LogP contribution in [0.1, 0.15) is 23.6 Å². The summed E-state index contributed by atoms with van der Waals surface area (Å²) >= 11 is 1.85. The van der Waals surface area contributed by atoms with Gasteiger partial charge in [-0.25, -0.2) is 9.97 Å². The van der Waals surface area contributed by atoms with E-state index in [1.54, 1.807) is 0 Å². The minimum Gasteiger partial charge on any atom is -0.228 e. The smallest absolute Gasteiger partial charge is 0.160 e. The molecule has 11 aromatic rings. The number of nitrogens with zero attached hydrogens (tertiary/aromatic N) is 2. The van der Waals surface area contributed by atoms with Gasteiger partial charge in [0, 0.05) is 42.3 Å². The Hall–Kier alpha value is -7.46. The van der Waals surface area contributed by atoms with Crippen LogP contribution in [-0.2, 0) is 5.41 Å². The van der Waals surface area contributed by atoms with E-state index in [0.717, 1.165) is 39.2 Å². The maximum atomic E-state index is 5.45. The fraction of sp³-hybridized carbons (Fsp3) is 0.0345. The number of thiophene rings is 1. The summed E-state index contributed by atoms with van der Waals surface area (Å²) in [7, 11) is 0. The van der Waals surface area contributed by atoms with Gasteiger partial charge in [-0.2, -0.15) is 0 Å². The average molecular weight is 795 g/mol. The maximum absolute atomic E-state index is 5.45. The van der Waals surface area contributed by atoms with Crippen LogP contribution in [0.5, 0.6) is 0 Å². The second-order valence-electron chi connectivity index (χ2n) is 16.2. The van der Waals surface area contributed by atoms with E-state index in [1.807, 2.05) is 17.4 Å². The van der Waals surface area contributed by atoms with Gasteiger partial charge in [-0.05, 0) is 110 Å². The third-order valence-corrected chi connectivity index (χ3v) is 13.9. The van der Waals surface area contributed by atoms with E-state index in [1.165, 1.54) is 69.9 Å². The van der Waals surface area contributed by atoms with Crippen LogP contribution in [-0.4, -0.2) is 9.97 Å². The number of rotatable bonds is 6. The second-order valence-corrected chi connectivity index (χ2v) is 17.3. The van der Waals surface area contributed by atoms with Gasteiger partial charge in [0.2, 0.25) is 0 Å². The summed E-state index contributed by atoms with van der Waals surface area (Å²) in [6.07, 6.45) is 0. The van der Waals surface area contributed by atoms with Crippen molar-refractivity contribution in [2.24, 2.45) is 0 Å². The zero-order valence-electron chi connectivity index (χ0n) is 33.5. The van der Waals surface area contributed by atoms with Crippen molar-refractivity contribution in [1.82, 2.24) is 9.97 Å². The number of hydrogen-bond acceptors (Lipinski definition) is 3. The Labute approximate surface area is 359 Å². The van der Waals surface area contributed by atoms with Gasteiger partial charge in [0.05, 0.1) is 11.4 Å². The molecule has 2 heterocycles. The van der Waals surface area contributed by atoms with Crippen molar-refractivity contribution in [3.8, 4) is 67.3 Å². The molecule has 0 spiro atoms. The first-order valence-electron chi connectivity index (χ1n) is 20.9. The van der Waals surface area contributed by atoms with Crippen LogP contribution in [0.25, 0.3) is 98.2 Å². The van der Waals surface area contributed by atoms with E-state index < -0.39 is 5.41 Å². The van der Waals surface area contributed by atoms with Gasteiger partial charge in [0.15, 0.2) is 5.82 Å². The van der Waals surface area contributed by atoms with E-state index in [2.05, 4.69) is 213 Å². The quantitative estimate of drug-likeness (QED) is 0.168. The summed E-state index contributed by atoms with van der Waals surface area (Å²) in [6.45, 7) is 2.38. The number of benzene rings is 9. The molecule has 0 N–H and O–H groups in total. The van der Waals surface area contributed by atoms with E-state index >= 15 is 0 Å². The normalized spacial score (nSPS) is 14.4. The van der Waals surface area contributed by atoms with Crippen molar-refractivity contribution < 1.29 is 0 Å². The first-order valence-corrected chi connectivity index (χ1v) is 21.7. The molecule has 61 heavy (non-hydrogen) atoms. The molecule has 1 aliphatic carbocycles. The molecular formula is C58H38N2S. The second kappa shape index (κ2) is 14.1. The average Bonchev–Trinajstić information content (AvgIpc) is 3.84. The summed E-state index contributed by atoms with van der Waals surface area (Å²) in [4.78, 5) is 10.9. The van der Waals surface area contributed by atoms with Crippen molar-refractivity contribution in [2.45, 2.75) is 12.3 Å². The lowest BCUT2D eigenvalue weighted by Gasteiger charge is -2.30. The zero-order valence-corrected chi connectivity index (χ0v) is 34.3. The largest absolute Gasteiger partial charge is 0.228 e. The van der Waals surface area contributed by atoms with E-state index in [-0.39, 0.29) is 0 Å². The van der Waals surface area contributed by atoms with Gasteiger partial charge in [0.25, 0.3) is 0 Å². The Kier molecular flexibility index (Phi) is 8.19. The van der Waals surface area contributed by atoms with Crippen LogP contribution in [0.4, 0.5) is 0 Å². The molecule has 12 rings (SSSR count). The fourth-order valence-corrected chi connectivity index (χ4v) is 10.9. The lowest BCUT2D eigenvalue weighted by atomic mass is 9.72. The molecule has 0 amide bonds.